The molecule has 1 aromatic rings. The molecule has 0 bridgehead atoms. The van der Waals surface area contributed by atoms with Crippen LogP contribution in [0, 0.1) is 5.82 Å². The Balaban J connectivity index is 1.63. The molecule has 5 nitrogen and oxygen atoms in total. The van der Waals surface area contributed by atoms with Crippen LogP contribution in [0.5, 0.6) is 0 Å². The lowest BCUT2D eigenvalue weighted by atomic mass is 9.77. The molecule has 0 atom stereocenters. The van der Waals surface area contributed by atoms with Crippen LogP contribution in [-0.2, 0) is 15.0 Å². The van der Waals surface area contributed by atoms with E-state index in [1.54, 1.807) is 12.1 Å². The van der Waals surface area contributed by atoms with E-state index in [1.165, 1.54) is 12.1 Å². The van der Waals surface area contributed by atoms with Gasteiger partial charge in [0.1, 0.15) is 5.82 Å². The zero-order valence-electron chi connectivity index (χ0n) is 16.3. The average molecular weight is 375 g/mol. The van der Waals surface area contributed by atoms with Crippen molar-refractivity contribution in [3.05, 3.63) is 35.6 Å². The number of nitrogens with one attached hydrogen (secondary N) is 1. The summed E-state index contributed by atoms with van der Waals surface area (Å²) in [7, 11) is 0. The monoisotopic (exact) mass is 375 g/mol. The minimum Gasteiger partial charge on any atom is -0.353 e. The minimum atomic E-state index is -0.509. The Kier molecular flexibility index (Phi) is 6.15. The number of piperazine rings is 1. The largest absolute Gasteiger partial charge is 0.353 e. The van der Waals surface area contributed by atoms with E-state index in [9.17, 15) is 14.0 Å². The maximum absolute atomic E-state index is 13.4. The van der Waals surface area contributed by atoms with Gasteiger partial charge in [-0.2, -0.15) is 0 Å². The van der Waals surface area contributed by atoms with E-state index in [1.807, 2.05) is 18.7 Å². The molecule has 0 spiro atoms. The fourth-order valence-electron chi connectivity index (χ4n) is 4.36. The Morgan fingerprint density at radius 1 is 1.07 bits per heavy atom. The van der Waals surface area contributed by atoms with Crippen LogP contribution in [0.15, 0.2) is 24.3 Å². The van der Waals surface area contributed by atoms with Gasteiger partial charge in [-0.3, -0.25) is 14.5 Å². The summed E-state index contributed by atoms with van der Waals surface area (Å²) in [5, 5.41) is 2.91. The molecule has 148 valence electrons. The predicted molar refractivity (Wildman–Crippen MR) is 103 cm³/mol. The smallest absolute Gasteiger partial charge is 0.234 e. The first kappa shape index (κ1) is 19.8. The van der Waals surface area contributed by atoms with Gasteiger partial charge in [-0.05, 0) is 44.4 Å². The highest BCUT2D eigenvalue weighted by molar-refractivity contribution is 5.89. The van der Waals surface area contributed by atoms with Gasteiger partial charge in [0.05, 0.1) is 12.0 Å². The van der Waals surface area contributed by atoms with Crippen molar-refractivity contribution in [2.24, 2.45) is 0 Å². The summed E-state index contributed by atoms with van der Waals surface area (Å²) in [6.07, 6.45) is 3.71. The molecule has 3 rings (SSSR count). The fourth-order valence-corrected chi connectivity index (χ4v) is 4.36. The molecular weight excluding hydrogens is 345 g/mol. The Morgan fingerprint density at radius 3 is 2.22 bits per heavy atom. The van der Waals surface area contributed by atoms with E-state index in [4.69, 9.17) is 0 Å². The highest BCUT2D eigenvalue weighted by Gasteiger charge is 2.45. The zero-order chi connectivity index (χ0) is 19.4. The first-order valence-corrected chi connectivity index (χ1v) is 9.98. The molecule has 0 aromatic heterocycles. The zero-order valence-corrected chi connectivity index (χ0v) is 16.3. The topological polar surface area (TPSA) is 52.7 Å². The highest BCUT2D eigenvalue weighted by Crippen LogP contribution is 2.42. The van der Waals surface area contributed by atoms with E-state index < -0.39 is 5.41 Å². The SMILES string of the molecule is CC(C)NC(=O)CN1CCN(C(=O)C2(c3ccc(F)cc3)CCCC2)CC1. The maximum Gasteiger partial charge on any atom is 0.234 e. The molecular formula is C21H30FN3O2. The molecule has 6 heteroatoms. The van der Waals surface area contributed by atoms with Gasteiger partial charge in [-0.25, -0.2) is 4.39 Å². The Morgan fingerprint density at radius 2 is 1.67 bits per heavy atom. The number of carbonyl (C=O) groups excluding carboxylic acids is 2. The third-order valence-electron chi connectivity index (χ3n) is 5.74. The first-order valence-electron chi connectivity index (χ1n) is 9.98. The second-order valence-corrected chi connectivity index (χ2v) is 8.09. The van der Waals surface area contributed by atoms with Crippen LogP contribution in [0.4, 0.5) is 4.39 Å². The molecule has 1 aromatic carbocycles. The Hall–Kier alpha value is -1.95. The van der Waals surface area contributed by atoms with Crippen LogP contribution in [0.25, 0.3) is 0 Å². The van der Waals surface area contributed by atoms with Gasteiger partial charge in [0, 0.05) is 32.2 Å². The summed E-state index contributed by atoms with van der Waals surface area (Å²) >= 11 is 0. The van der Waals surface area contributed by atoms with Crippen molar-refractivity contribution >= 4 is 11.8 Å². The van der Waals surface area contributed by atoms with Crippen LogP contribution in [0.3, 0.4) is 0 Å². The molecule has 2 aliphatic rings. The van der Waals surface area contributed by atoms with Gasteiger partial charge in [0.25, 0.3) is 0 Å². The molecule has 1 heterocycles. The van der Waals surface area contributed by atoms with Gasteiger partial charge in [-0.15, -0.1) is 0 Å². The van der Waals surface area contributed by atoms with E-state index in [-0.39, 0.29) is 23.7 Å². The Labute approximate surface area is 160 Å². The summed E-state index contributed by atoms with van der Waals surface area (Å²) in [4.78, 5) is 29.4. The van der Waals surface area contributed by atoms with E-state index in [0.29, 0.717) is 32.7 Å². The van der Waals surface area contributed by atoms with Gasteiger partial charge in [-0.1, -0.05) is 25.0 Å². The third kappa shape index (κ3) is 4.49. The Bertz CT molecular complexity index is 661. The minimum absolute atomic E-state index is 0.0309. The first-order chi connectivity index (χ1) is 12.9. The van der Waals surface area contributed by atoms with Crippen molar-refractivity contribution in [2.75, 3.05) is 32.7 Å². The van der Waals surface area contributed by atoms with Crippen LogP contribution in [-0.4, -0.2) is 60.4 Å². The molecule has 27 heavy (non-hydrogen) atoms. The highest BCUT2D eigenvalue weighted by atomic mass is 19.1. The van der Waals surface area contributed by atoms with Crippen LogP contribution in [0.1, 0.15) is 45.1 Å². The number of hydrogen-bond donors (Lipinski definition) is 1. The number of halogens is 1. The molecule has 2 amide bonds. The van der Waals surface area contributed by atoms with Gasteiger partial charge < -0.3 is 10.2 Å². The fraction of sp³-hybridized carbons (Fsp3) is 0.619. The molecule has 1 N–H and O–H groups in total. The van der Waals surface area contributed by atoms with Gasteiger partial charge in [0.15, 0.2) is 0 Å². The van der Waals surface area contributed by atoms with Crippen molar-refractivity contribution < 1.29 is 14.0 Å². The number of amides is 2. The summed E-state index contributed by atoms with van der Waals surface area (Å²) in [6, 6.07) is 6.58. The van der Waals surface area contributed by atoms with Crippen molar-refractivity contribution in [3.8, 4) is 0 Å². The molecule has 1 aliphatic heterocycles. The molecule has 1 saturated heterocycles. The standard InChI is InChI=1S/C21H30FN3O2/c1-16(2)23-19(26)15-24-11-13-25(14-12-24)20(27)21(9-3-4-10-21)17-5-7-18(22)8-6-17/h5-8,16H,3-4,9-15H2,1-2H3,(H,23,26). The normalized spacial score (nSPS) is 20.1. The van der Waals surface area contributed by atoms with E-state index in [0.717, 1.165) is 31.2 Å². The van der Waals surface area contributed by atoms with Crippen LogP contribution in [0.2, 0.25) is 0 Å². The third-order valence-corrected chi connectivity index (χ3v) is 5.74. The summed E-state index contributed by atoms with van der Waals surface area (Å²) in [5.41, 5.74) is 0.426. The number of nitrogens with zero attached hydrogens (tertiary/aromatic N) is 2. The van der Waals surface area contributed by atoms with Crippen LogP contribution < -0.4 is 5.32 Å². The lowest BCUT2D eigenvalue weighted by molar-refractivity contribution is -0.139. The quantitative estimate of drug-likeness (QED) is 0.859. The predicted octanol–water partition coefficient (Wildman–Crippen LogP) is 2.31. The second-order valence-electron chi connectivity index (χ2n) is 8.09. The van der Waals surface area contributed by atoms with Gasteiger partial charge >= 0.3 is 0 Å². The molecule has 1 aliphatic carbocycles. The molecule has 1 saturated carbocycles. The van der Waals surface area contributed by atoms with E-state index in [2.05, 4.69) is 10.2 Å². The van der Waals surface area contributed by atoms with E-state index >= 15 is 0 Å². The molecule has 0 unspecified atom stereocenters. The molecule has 0 radical (unpaired) electrons. The average Bonchev–Trinajstić information content (AvgIpc) is 3.12. The summed E-state index contributed by atoms with van der Waals surface area (Å²) in [6.45, 7) is 6.96. The lowest BCUT2D eigenvalue weighted by Gasteiger charge is -2.40. The van der Waals surface area contributed by atoms with Crippen molar-refractivity contribution in [3.63, 3.8) is 0 Å². The summed E-state index contributed by atoms with van der Waals surface area (Å²) < 4.78 is 13.3. The van der Waals surface area contributed by atoms with Crippen molar-refractivity contribution in [2.45, 2.75) is 51.0 Å². The van der Waals surface area contributed by atoms with Gasteiger partial charge in [0.2, 0.25) is 11.8 Å². The number of carbonyl (C=O) groups is 2. The number of hydrogen-bond acceptors (Lipinski definition) is 3. The summed E-state index contributed by atoms with van der Waals surface area (Å²) in [5.74, 6) is -0.0751. The lowest BCUT2D eigenvalue weighted by Crippen LogP contribution is -2.55. The van der Waals surface area contributed by atoms with Crippen molar-refractivity contribution in [1.82, 2.24) is 15.1 Å². The van der Waals surface area contributed by atoms with Crippen LogP contribution >= 0.6 is 0 Å². The number of benzene rings is 1. The molecule has 2 fully saturated rings. The second kappa shape index (κ2) is 8.38. The maximum atomic E-state index is 13.4. The number of rotatable bonds is 5. The van der Waals surface area contributed by atoms with Crippen molar-refractivity contribution in [1.29, 1.82) is 0 Å².